The third kappa shape index (κ3) is 4.93. The van der Waals surface area contributed by atoms with E-state index in [1.807, 2.05) is 68.4 Å². The van der Waals surface area contributed by atoms with Gasteiger partial charge in [-0.2, -0.15) is 4.98 Å². The van der Waals surface area contributed by atoms with Crippen molar-refractivity contribution in [2.24, 2.45) is 0 Å². The molecule has 2 heterocycles. The highest BCUT2D eigenvalue weighted by atomic mass is 32.2. The number of nitrogens with zero attached hydrogens (tertiary/aromatic N) is 2. The summed E-state index contributed by atoms with van der Waals surface area (Å²) in [6.07, 6.45) is 0.649. The first kappa shape index (κ1) is 23.9. The van der Waals surface area contributed by atoms with E-state index >= 15 is 0 Å². The van der Waals surface area contributed by atoms with Crippen LogP contribution < -0.4 is 14.8 Å². The summed E-state index contributed by atoms with van der Waals surface area (Å²) < 4.78 is 11.5. The van der Waals surface area contributed by atoms with Crippen molar-refractivity contribution in [1.82, 2.24) is 9.97 Å². The Morgan fingerprint density at radius 1 is 1.06 bits per heavy atom. The van der Waals surface area contributed by atoms with Gasteiger partial charge in [0.25, 0.3) is 0 Å². The predicted molar refractivity (Wildman–Crippen MR) is 143 cm³/mol. The van der Waals surface area contributed by atoms with E-state index in [0.717, 1.165) is 50.0 Å². The number of carbonyl (C=O) groups is 1. The molecular formula is C29H27N3O3S. The van der Waals surface area contributed by atoms with Crippen LogP contribution in [-0.4, -0.2) is 28.7 Å². The standard InChI is InChI=1S/C29H27N3O3S/c1-17-8-13-25-21(14-17)15-23-28(35-25)31-27(20-9-11-22(34-4)12-10-20)32-29(23)36-16-26(33)30-24-7-5-6-18(2)19(24)3/h5-14H,15-16H2,1-4H3,(H,30,33). The summed E-state index contributed by atoms with van der Waals surface area (Å²) in [6, 6.07) is 19.6. The largest absolute Gasteiger partial charge is 0.497 e. The summed E-state index contributed by atoms with van der Waals surface area (Å²) in [5.74, 6) is 2.78. The first-order valence-corrected chi connectivity index (χ1v) is 12.7. The van der Waals surface area contributed by atoms with Gasteiger partial charge in [-0.1, -0.05) is 41.6 Å². The quantitative estimate of drug-likeness (QED) is 0.213. The van der Waals surface area contributed by atoms with Crippen molar-refractivity contribution < 1.29 is 14.3 Å². The number of aryl methyl sites for hydroxylation is 2. The summed E-state index contributed by atoms with van der Waals surface area (Å²) in [6.45, 7) is 6.11. The first-order valence-electron chi connectivity index (χ1n) is 11.7. The molecule has 1 N–H and O–H groups in total. The van der Waals surface area contributed by atoms with Gasteiger partial charge in [-0.05, 0) is 73.9 Å². The highest BCUT2D eigenvalue weighted by molar-refractivity contribution is 8.00. The number of hydrogen-bond donors (Lipinski definition) is 1. The molecule has 0 spiro atoms. The maximum absolute atomic E-state index is 12.9. The zero-order chi connectivity index (χ0) is 25.2. The Labute approximate surface area is 215 Å². The lowest BCUT2D eigenvalue weighted by atomic mass is 10.0. The number of nitrogens with one attached hydrogen (secondary N) is 1. The van der Waals surface area contributed by atoms with Gasteiger partial charge in [0.15, 0.2) is 5.82 Å². The molecule has 0 saturated carbocycles. The second kappa shape index (κ2) is 10.0. The third-order valence-electron chi connectivity index (χ3n) is 6.29. The molecule has 0 atom stereocenters. The van der Waals surface area contributed by atoms with Gasteiger partial charge < -0.3 is 14.8 Å². The zero-order valence-corrected chi connectivity index (χ0v) is 21.5. The van der Waals surface area contributed by atoms with Crippen molar-refractivity contribution in [3.05, 3.63) is 88.5 Å². The fourth-order valence-electron chi connectivity index (χ4n) is 4.12. The van der Waals surface area contributed by atoms with E-state index < -0.39 is 0 Å². The molecule has 6 nitrogen and oxygen atoms in total. The number of hydrogen-bond acceptors (Lipinski definition) is 6. The van der Waals surface area contributed by atoms with E-state index in [-0.39, 0.29) is 11.7 Å². The number of ether oxygens (including phenoxy) is 2. The summed E-state index contributed by atoms with van der Waals surface area (Å²) in [5.41, 5.74) is 7.03. The second-order valence-electron chi connectivity index (χ2n) is 8.84. The second-order valence-corrected chi connectivity index (χ2v) is 9.80. The van der Waals surface area contributed by atoms with Crippen molar-refractivity contribution in [1.29, 1.82) is 0 Å². The average molecular weight is 498 g/mol. The van der Waals surface area contributed by atoms with E-state index in [2.05, 4.69) is 18.3 Å². The number of thioether (sulfide) groups is 1. The smallest absolute Gasteiger partial charge is 0.234 e. The van der Waals surface area contributed by atoms with Crippen LogP contribution >= 0.6 is 11.8 Å². The molecule has 4 aromatic rings. The van der Waals surface area contributed by atoms with Crippen molar-refractivity contribution in [2.45, 2.75) is 32.2 Å². The maximum Gasteiger partial charge on any atom is 0.234 e. The number of rotatable bonds is 6. The van der Waals surface area contributed by atoms with Gasteiger partial charge in [0.1, 0.15) is 16.5 Å². The topological polar surface area (TPSA) is 73.3 Å². The highest BCUT2D eigenvalue weighted by Gasteiger charge is 2.25. The third-order valence-corrected chi connectivity index (χ3v) is 7.31. The molecule has 0 radical (unpaired) electrons. The molecule has 1 aliphatic rings. The summed E-state index contributed by atoms with van der Waals surface area (Å²) in [5, 5.41) is 3.78. The van der Waals surface area contributed by atoms with Crippen molar-refractivity contribution in [3.8, 4) is 28.8 Å². The number of methoxy groups -OCH3 is 1. The zero-order valence-electron chi connectivity index (χ0n) is 20.7. The van der Waals surface area contributed by atoms with E-state index in [1.54, 1.807) is 7.11 Å². The Hall–Kier alpha value is -3.84. The molecule has 0 unspecified atom stereocenters. The van der Waals surface area contributed by atoms with Crippen LogP contribution in [0.25, 0.3) is 11.4 Å². The Kier molecular flexibility index (Phi) is 6.65. The van der Waals surface area contributed by atoms with Gasteiger partial charge in [0.2, 0.25) is 11.8 Å². The Morgan fingerprint density at radius 2 is 1.86 bits per heavy atom. The SMILES string of the molecule is COc1ccc(-c2nc3c(c(SCC(=O)Nc4cccc(C)c4C)n2)Cc2cc(C)ccc2O3)cc1. The monoisotopic (exact) mass is 497 g/mol. The Bertz CT molecular complexity index is 1450. The fourth-order valence-corrected chi connectivity index (χ4v) is 4.94. The van der Waals surface area contributed by atoms with Gasteiger partial charge in [0, 0.05) is 17.7 Å². The molecule has 0 fully saturated rings. The Morgan fingerprint density at radius 3 is 2.64 bits per heavy atom. The maximum atomic E-state index is 12.9. The van der Waals surface area contributed by atoms with Gasteiger partial charge in [0.05, 0.1) is 18.4 Å². The Balaban J connectivity index is 1.45. The first-order chi connectivity index (χ1) is 17.4. The molecule has 182 valence electrons. The normalized spacial score (nSPS) is 11.8. The highest BCUT2D eigenvalue weighted by Crippen LogP contribution is 2.40. The van der Waals surface area contributed by atoms with E-state index in [4.69, 9.17) is 19.4 Å². The number of fused-ring (bicyclic) bond motifs is 2. The van der Waals surface area contributed by atoms with Crippen LogP contribution in [0.3, 0.4) is 0 Å². The number of amides is 1. The van der Waals surface area contributed by atoms with Crippen LogP contribution in [0.4, 0.5) is 5.69 Å². The lowest BCUT2D eigenvalue weighted by Crippen LogP contribution is -2.16. The molecule has 5 rings (SSSR count). The summed E-state index contributed by atoms with van der Waals surface area (Å²) >= 11 is 1.40. The molecule has 7 heteroatoms. The molecule has 0 aliphatic carbocycles. The number of carbonyl (C=O) groups excluding carboxylic acids is 1. The molecule has 36 heavy (non-hydrogen) atoms. The van der Waals surface area contributed by atoms with Crippen LogP contribution in [-0.2, 0) is 11.2 Å². The van der Waals surface area contributed by atoms with Crippen LogP contribution in [0.1, 0.15) is 27.8 Å². The number of benzene rings is 3. The molecule has 1 aliphatic heterocycles. The lowest BCUT2D eigenvalue weighted by Gasteiger charge is -2.22. The van der Waals surface area contributed by atoms with Gasteiger partial charge in [-0.25, -0.2) is 4.98 Å². The van der Waals surface area contributed by atoms with Crippen LogP contribution in [0, 0.1) is 20.8 Å². The molecule has 0 saturated heterocycles. The van der Waals surface area contributed by atoms with Crippen LogP contribution in [0.5, 0.6) is 17.4 Å². The van der Waals surface area contributed by atoms with Crippen molar-refractivity contribution in [3.63, 3.8) is 0 Å². The van der Waals surface area contributed by atoms with Gasteiger partial charge in [-0.3, -0.25) is 4.79 Å². The van der Waals surface area contributed by atoms with Gasteiger partial charge >= 0.3 is 0 Å². The molecule has 3 aromatic carbocycles. The summed E-state index contributed by atoms with van der Waals surface area (Å²) in [7, 11) is 1.63. The predicted octanol–water partition coefficient (Wildman–Crippen LogP) is 6.50. The molecule has 0 bridgehead atoms. The summed E-state index contributed by atoms with van der Waals surface area (Å²) in [4.78, 5) is 22.5. The van der Waals surface area contributed by atoms with Crippen molar-refractivity contribution >= 4 is 23.4 Å². The number of anilines is 1. The van der Waals surface area contributed by atoms with Gasteiger partial charge in [-0.15, -0.1) is 0 Å². The van der Waals surface area contributed by atoms with Crippen LogP contribution in [0.15, 0.2) is 65.7 Å². The molecule has 1 aromatic heterocycles. The lowest BCUT2D eigenvalue weighted by molar-refractivity contribution is -0.113. The minimum Gasteiger partial charge on any atom is -0.497 e. The van der Waals surface area contributed by atoms with Crippen LogP contribution in [0.2, 0.25) is 0 Å². The molecule has 1 amide bonds. The fraction of sp³-hybridized carbons (Fsp3) is 0.207. The number of aromatic nitrogens is 2. The molecular weight excluding hydrogens is 470 g/mol. The minimum absolute atomic E-state index is 0.0833. The van der Waals surface area contributed by atoms with E-state index in [9.17, 15) is 4.79 Å². The average Bonchev–Trinajstić information content (AvgIpc) is 2.88. The van der Waals surface area contributed by atoms with E-state index in [0.29, 0.717) is 18.1 Å². The van der Waals surface area contributed by atoms with E-state index in [1.165, 1.54) is 17.3 Å². The minimum atomic E-state index is -0.0833. The van der Waals surface area contributed by atoms with Crippen molar-refractivity contribution in [2.75, 3.05) is 18.2 Å².